The molecule has 11 nitrogen and oxygen atoms in total. The third kappa shape index (κ3) is 8.21. The summed E-state index contributed by atoms with van der Waals surface area (Å²) in [6.45, 7) is 7.90. The van der Waals surface area contributed by atoms with Gasteiger partial charge in [0.15, 0.2) is 11.5 Å². The van der Waals surface area contributed by atoms with Gasteiger partial charge in [-0.15, -0.1) is 10.2 Å². The molecule has 50 heavy (non-hydrogen) atoms. The van der Waals surface area contributed by atoms with E-state index in [1.807, 2.05) is 91.4 Å². The van der Waals surface area contributed by atoms with Crippen LogP contribution in [0.2, 0.25) is 5.02 Å². The van der Waals surface area contributed by atoms with Crippen LogP contribution in [0, 0.1) is 0 Å². The Kier molecular flexibility index (Phi) is 10.3. The quantitative estimate of drug-likeness (QED) is 0.125. The van der Waals surface area contributed by atoms with Crippen LogP contribution in [-0.2, 0) is 12.0 Å². The summed E-state index contributed by atoms with van der Waals surface area (Å²) in [6, 6.07) is 25.7. The number of nitrogens with one attached hydrogen (secondary N) is 2. The van der Waals surface area contributed by atoms with Crippen molar-refractivity contribution in [2.75, 3.05) is 32.6 Å². The maximum absolute atomic E-state index is 13.4. The fraction of sp³-hybridized carbons (Fsp3) is 0.243. The van der Waals surface area contributed by atoms with Crippen LogP contribution in [0.25, 0.3) is 22.7 Å². The number of carbonyl (C=O) groups is 1. The summed E-state index contributed by atoms with van der Waals surface area (Å²) in [6.07, 6.45) is 1.93. The Morgan fingerprint density at radius 3 is 2.62 bits per heavy atom. The first kappa shape index (κ1) is 34.8. The van der Waals surface area contributed by atoms with Crippen molar-refractivity contribution in [1.29, 1.82) is 0 Å². The van der Waals surface area contributed by atoms with Gasteiger partial charge in [-0.1, -0.05) is 68.4 Å². The molecule has 0 unspecified atom stereocenters. The molecular formula is C37H39ClN8O3S. The molecule has 3 aromatic carbocycles. The highest BCUT2D eigenvalue weighted by molar-refractivity contribution is 7.99. The van der Waals surface area contributed by atoms with Gasteiger partial charge in [0.1, 0.15) is 23.9 Å². The van der Waals surface area contributed by atoms with E-state index in [4.69, 9.17) is 21.4 Å². The van der Waals surface area contributed by atoms with Gasteiger partial charge in [-0.05, 0) is 68.2 Å². The molecule has 0 aliphatic carbocycles. The number of phenols is 1. The van der Waals surface area contributed by atoms with Crippen molar-refractivity contribution in [3.05, 3.63) is 107 Å². The Morgan fingerprint density at radius 2 is 1.82 bits per heavy atom. The number of aromatic nitrogens is 5. The van der Waals surface area contributed by atoms with Crippen molar-refractivity contribution in [1.82, 2.24) is 34.6 Å². The van der Waals surface area contributed by atoms with Crippen LogP contribution in [0.4, 0.5) is 10.6 Å². The number of likely N-dealkylation sites (N-methyl/N-ethyl adjacent to an activating group) is 1. The molecule has 0 spiro atoms. The molecule has 13 heteroatoms. The normalized spacial score (nSPS) is 11.7. The Hall–Kier alpha value is -5.04. The molecule has 0 saturated heterocycles. The first-order valence-corrected chi connectivity index (χ1v) is 17.3. The van der Waals surface area contributed by atoms with E-state index in [0.29, 0.717) is 41.0 Å². The number of benzene rings is 3. The Labute approximate surface area is 300 Å². The molecule has 0 aliphatic heterocycles. The van der Waals surface area contributed by atoms with Crippen LogP contribution in [0.15, 0.2) is 101 Å². The molecule has 0 aliphatic rings. The van der Waals surface area contributed by atoms with E-state index in [-0.39, 0.29) is 17.2 Å². The van der Waals surface area contributed by atoms with Crippen LogP contribution < -0.4 is 15.4 Å². The van der Waals surface area contributed by atoms with Gasteiger partial charge in [0, 0.05) is 52.2 Å². The molecule has 3 heterocycles. The van der Waals surface area contributed by atoms with Gasteiger partial charge in [-0.2, -0.15) is 5.10 Å². The van der Waals surface area contributed by atoms with Crippen molar-refractivity contribution in [3.63, 3.8) is 0 Å². The molecule has 6 rings (SSSR count). The molecule has 258 valence electrons. The first-order chi connectivity index (χ1) is 23.9. The zero-order valence-corrected chi connectivity index (χ0v) is 30.1. The summed E-state index contributed by atoms with van der Waals surface area (Å²) in [4.78, 5) is 17.3. The maximum atomic E-state index is 13.4. The lowest BCUT2D eigenvalue weighted by Gasteiger charge is -2.14. The summed E-state index contributed by atoms with van der Waals surface area (Å²) in [5.74, 6) is 1.88. The molecule has 0 bridgehead atoms. The molecule has 3 aromatic heterocycles. The van der Waals surface area contributed by atoms with E-state index in [0.717, 1.165) is 39.0 Å². The highest BCUT2D eigenvalue weighted by Gasteiger charge is 2.22. The minimum Gasteiger partial charge on any atom is -0.508 e. The van der Waals surface area contributed by atoms with E-state index < -0.39 is 0 Å². The van der Waals surface area contributed by atoms with Gasteiger partial charge in [-0.25, -0.2) is 9.48 Å². The summed E-state index contributed by atoms with van der Waals surface area (Å²) in [5.41, 5.74) is 3.55. The second kappa shape index (κ2) is 14.8. The van der Waals surface area contributed by atoms with Crippen LogP contribution in [0.3, 0.4) is 0 Å². The Morgan fingerprint density at radius 1 is 1.00 bits per heavy atom. The van der Waals surface area contributed by atoms with E-state index in [1.54, 1.807) is 28.6 Å². The smallest absolute Gasteiger partial charge is 0.320 e. The fourth-order valence-corrected chi connectivity index (χ4v) is 6.27. The lowest BCUT2D eigenvalue weighted by Crippen LogP contribution is -2.29. The predicted molar refractivity (Wildman–Crippen MR) is 198 cm³/mol. The number of fused-ring (bicyclic) bond motifs is 1. The number of amides is 2. The average molecular weight is 711 g/mol. The number of carbonyl (C=O) groups excluding carboxylic acids is 1. The van der Waals surface area contributed by atoms with E-state index in [9.17, 15) is 9.90 Å². The van der Waals surface area contributed by atoms with Gasteiger partial charge in [0.25, 0.3) is 0 Å². The number of phenolic OH excluding ortho intramolecular Hbond substituents is 1. The van der Waals surface area contributed by atoms with Crippen molar-refractivity contribution in [2.24, 2.45) is 0 Å². The van der Waals surface area contributed by atoms with E-state index in [2.05, 4.69) is 46.5 Å². The molecule has 0 atom stereocenters. The van der Waals surface area contributed by atoms with E-state index >= 15 is 0 Å². The van der Waals surface area contributed by atoms with Crippen molar-refractivity contribution >= 4 is 40.9 Å². The molecular weight excluding hydrogens is 672 g/mol. The minimum atomic E-state index is -0.358. The van der Waals surface area contributed by atoms with Gasteiger partial charge < -0.3 is 20.1 Å². The minimum absolute atomic E-state index is 0.0891. The van der Waals surface area contributed by atoms with Gasteiger partial charge in [0.2, 0.25) is 0 Å². The Balaban J connectivity index is 1.18. The monoisotopic (exact) mass is 710 g/mol. The molecule has 6 aromatic rings. The number of urea groups is 1. The van der Waals surface area contributed by atoms with Crippen molar-refractivity contribution in [2.45, 2.75) is 42.5 Å². The standard InChI is InChI=1S/C37H39ClN8O3S/c1-37(2,3)32-21-34(46(43-32)25-10-8-11-27(19-25)49-18-17-44(4)5)40-36(48)39-22-24-9-6-7-12-31(24)50-28-14-16-33-41-42-35(45(33)23-28)29-20-26(47)13-15-30(29)38/h6-16,19-21,23,47H,17-18,22H2,1-5H3,(H2,39,40,48). The fourth-order valence-electron chi connectivity index (χ4n) is 5.10. The molecule has 0 radical (unpaired) electrons. The van der Waals surface area contributed by atoms with Crippen LogP contribution >= 0.6 is 23.4 Å². The number of ether oxygens (including phenoxy) is 1. The summed E-state index contributed by atoms with van der Waals surface area (Å²) >= 11 is 7.99. The van der Waals surface area contributed by atoms with Crippen molar-refractivity contribution < 1.29 is 14.6 Å². The second-order valence-corrected chi connectivity index (χ2v) is 14.5. The molecule has 3 N–H and O–H groups in total. The maximum Gasteiger partial charge on any atom is 0.320 e. The van der Waals surface area contributed by atoms with Gasteiger partial charge >= 0.3 is 6.03 Å². The third-order valence-electron chi connectivity index (χ3n) is 7.79. The lowest BCUT2D eigenvalue weighted by atomic mass is 9.92. The number of hydrogen-bond acceptors (Lipinski definition) is 8. The van der Waals surface area contributed by atoms with Crippen LogP contribution in [0.5, 0.6) is 11.5 Å². The average Bonchev–Trinajstić information content (AvgIpc) is 3.70. The van der Waals surface area contributed by atoms with Crippen LogP contribution in [-0.4, -0.2) is 67.7 Å². The zero-order chi connectivity index (χ0) is 35.4. The summed E-state index contributed by atoms with van der Waals surface area (Å²) in [5, 5.41) is 30.0. The summed E-state index contributed by atoms with van der Waals surface area (Å²) < 4.78 is 9.54. The highest BCUT2D eigenvalue weighted by Crippen LogP contribution is 2.34. The third-order valence-corrected chi connectivity index (χ3v) is 9.22. The van der Waals surface area contributed by atoms with Crippen molar-refractivity contribution in [3.8, 4) is 28.6 Å². The number of nitrogens with zero attached hydrogens (tertiary/aromatic N) is 6. The number of pyridine rings is 1. The van der Waals surface area contributed by atoms with E-state index in [1.165, 1.54) is 6.07 Å². The number of aromatic hydroxyl groups is 1. The second-order valence-electron chi connectivity index (χ2n) is 13.0. The Bertz CT molecular complexity index is 2140. The first-order valence-electron chi connectivity index (χ1n) is 16.1. The number of halogens is 1. The van der Waals surface area contributed by atoms with Gasteiger partial charge in [-0.3, -0.25) is 9.72 Å². The topological polar surface area (TPSA) is 122 Å². The summed E-state index contributed by atoms with van der Waals surface area (Å²) in [7, 11) is 4.01. The molecule has 0 fully saturated rings. The molecule has 2 amide bonds. The van der Waals surface area contributed by atoms with Crippen LogP contribution in [0.1, 0.15) is 32.0 Å². The van der Waals surface area contributed by atoms with Gasteiger partial charge in [0.05, 0.1) is 16.4 Å². The number of rotatable bonds is 11. The predicted octanol–water partition coefficient (Wildman–Crippen LogP) is 7.65. The zero-order valence-electron chi connectivity index (χ0n) is 28.5. The highest BCUT2D eigenvalue weighted by atomic mass is 35.5. The molecule has 0 saturated carbocycles. The lowest BCUT2D eigenvalue weighted by molar-refractivity contribution is 0.251. The number of anilines is 1. The number of hydrogen-bond donors (Lipinski definition) is 3. The largest absolute Gasteiger partial charge is 0.508 e. The SMILES string of the molecule is CN(C)CCOc1cccc(-n2nc(C(C)(C)C)cc2NC(=O)NCc2ccccc2Sc2ccc3nnc(-c4cc(O)ccc4Cl)n3c2)c1.